The molecule has 86 valence electrons. The highest BCUT2D eigenvalue weighted by Gasteiger charge is 1.92. The van der Waals surface area contributed by atoms with Crippen molar-refractivity contribution in [2.75, 3.05) is 33.0 Å². The van der Waals surface area contributed by atoms with Gasteiger partial charge in [-0.3, -0.25) is 0 Å². The van der Waals surface area contributed by atoms with Crippen molar-refractivity contribution in [3.05, 3.63) is 30.3 Å². The van der Waals surface area contributed by atoms with Gasteiger partial charge in [0, 0.05) is 0 Å². The maximum Gasteiger partial charge on any atom is 0.119 e. The summed E-state index contributed by atoms with van der Waals surface area (Å²) in [5, 5.41) is 0. The van der Waals surface area contributed by atoms with Crippen LogP contribution in [0.1, 0.15) is 0 Å². The fourth-order valence-corrected chi connectivity index (χ4v) is 1.09. The van der Waals surface area contributed by atoms with Gasteiger partial charge in [-0.2, -0.15) is 0 Å². The molecule has 1 aromatic rings. The van der Waals surface area contributed by atoms with Gasteiger partial charge >= 0.3 is 0 Å². The zero-order valence-electron chi connectivity index (χ0n) is 9.22. The van der Waals surface area contributed by atoms with E-state index in [0.717, 1.165) is 5.75 Å². The quantitative estimate of drug-likeness (QED) is 0.493. The van der Waals surface area contributed by atoms with Crippen molar-refractivity contribution in [1.82, 2.24) is 0 Å². The number of hydrogen-bond donors (Lipinski definition) is 0. The number of rotatable bonds is 8. The second-order valence-corrected chi connectivity index (χ2v) is 3.03. The molecule has 0 saturated carbocycles. The SMILES string of the molecule is C#CCOCCOCCOc1ccccc1. The van der Waals surface area contributed by atoms with E-state index >= 15 is 0 Å². The molecule has 0 unspecified atom stereocenters. The Bertz CT molecular complexity index is 303. The van der Waals surface area contributed by atoms with E-state index < -0.39 is 0 Å². The first kappa shape index (κ1) is 12.6. The van der Waals surface area contributed by atoms with Crippen LogP contribution in [0.3, 0.4) is 0 Å². The molecule has 0 bridgehead atoms. The first-order valence-electron chi connectivity index (χ1n) is 5.20. The predicted molar refractivity (Wildman–Crippen MR) is 62.4 cm³/mol. The second-order valence-electron chi connectivity index (χ2n) is 3.03. The number of terminal acetylenes is 1. The van der Waals surface area contributed by atoms with Gasteiger partial charge in [-0.1, -0.05) is 24.1 Å². The van der Waals surface area contributed by atoms with E-state index in [1.54, 1.807) is 0 Å². The maximum absolute atomic E-state index is 5.44. The molecule has 0 saturated heterocycles. The Labute approximate surface area is 96.3 Å². The van der Waals surface area contributed by atoms with Gasteiger partial charge in [0.25, 0.3) is 0 Å². The van der Waals surface area contributed by atoms with Crippen molar-refractivity contribution in [1.29, 1.82) is 0 Å². The molecule has 1 aromatic carbocycles. The molecule has 0 aliphatic carbocycles. The van der Waals surface area contributed by atoms with Crippen molar-refractivity contribution >= 4 is 0 Å². The Morgan fingerprint density at radius 2 is 1.62 bits per heavy atom. The Hall–Kier alpha value is -1.50. The molecule has 0 N–H and O–H groups in total. The number of para-hydroxylation sites is 1. The highest BCUT2D eigenvalue weighted by molar-refractivity contribution is 5.20. The lowest BCUT2D eigenvalue weighted by Gasteiger charge is -2.06. The van der Waals surface area contributed by atoms with Crippen LogP contribution >= 0.6 is 0 Å². The van der Waals surface area contributed by atoms with Crippen molar-refractivity contribution in [3.8, 4) is 18.1 Å². The summed E-state index contributed by atoms with van der Waals surface area (Å²) >= 11 is 0. The zero-order valence-corrected chi connectivity index (χ0v) is 9.22. The number of benzene rings is 1. The first-order chi connectivity index (χ1) is 7.93. The van der Waals surface area contributed by atoms with Crippen LogP contribution in [-0.2, 0) is 9.47 Å². The van der Waals surface area contributed by atoms with Crippen molar-refractivity contribution in [3.63, 3.8) is 0 Å². The monoisotopic (exact) mass is 220 g/mol. The van der Waals surface area contributed by atoms with E-state index in [1.807, 2.05) is 30.3 Å². The van der Waals surface area contributed by atoms with Gasteiger partial charge in [0.2, 0.25) is 0 Å². The highest BCUT2D eigenvalue weighted by atomic mass is 16.5. The molecule has 0 aromatic heterocycles. The summed E-state index contributed by atoms with van der Waals surface area (Å²) < 4.78 is 15.8. The maximum atomic E-state index is 5.44. The molecule has 3 nitrogen and oxygen atoms in total. The third kappa shape index (κ3) is 6.07. The molecular weight excluding hydrogens is 204 g/mol. The van der Waals surface area contributed by atoms with E-state index in [1.165, 1.54) is 0 Å². The smallest absolute Gasteiger partial charge is 0.119 e. The summed E-state index contributed by atoms with van der Waals surface area (Å²) in [5.41, 5.74) is 0. The molecule has 0 heterocycles. The van der Waals surface area contributed by atoms with Crippen LogP contribution in [0.4, 0.5) is 0 Å². The van der Waals surface area contributed by atoms with E-state index in [2.05, 4.69) is 5.92 Å². The van der Waals surface area contributed by atoms with Gasteiger partial charge in [0.15, 0.2) is 0 Å². The molecule has 0 fully saturated rings. The molecule has 0 amide bonds. The van der Waals surface area contributed by atoms with Gasteiger partial charge in [0.1, 0.15) is 19.0 Å². The lowest BCUT2D eigenvalue weighted by molar-refractivity contribution is 0.0462. The fourth-order valence-electron chi connectivity index (χ4n) is 1.09. The van der Waals surface area contributed by atoms with Crippen LogP contribution in [0.25, 0.3) is 0 Å². The first-order valence-corrected chi connectivity index (χ1v) is 5.20. The normalized spacial score (nSPS) is 9.69. The van der Waals surface area contributed by atoms with Gasteiger partial charge in [-0.15, -0.1) is 6.42 Å². The van der Waals surface area contributed by atoms with Crippen LogP contribution in [0.2, 0.25) is 0 Å². The van der Waals surface area contributed by atoms with E-state index in [4.69, 9.17) is 20.6 Å². The Morgan fingerprint density at radius 3 is 2.38 bits per heavy atom. The lowest BCUT2D eigenvalue weighted by Crippen LogP contribution is -2.10. The van der Waals surface area contributed by atoms with E-state index in [-0.39, 0.29) is 0 Å². The lowest BCUT2D eigenvalue weighted by atomic mass is 10.3. The summed E-state index contributed by atoms with van der Waals surface area (Å²) in [7, 11) is 0. The standard InChI is InChI=1S/C13H16O3/c1-2-8-14-9-10-15-11-12-16-13-6-4-3-5-7-13/h1,3-7H,8-12H2. The van der Waals surface area contributed by atoms with Crippen LogP contribution in [0, 0.1) is 12.3 Å². The van der Waals surface area contributed by atoms with E-state index in [9.17, 15) is 0 Å². The van der Waals surface area contributed by atoms with Gasteiger partial charge in [-0.25, -0.2) is 0 Å². The van der Waals surface area contributed by atoms with Crippen molar-refractivity contribution < 1.29 is 14.2 Å². The van der Waals surface area contributed by atoms with Crippen molar-refractivity contribution in [2.24, 2.45) is 0 Å². The summed E-state index contributed by atoms with van der Waals surface area (Å²) in [6.45, 7) is 2.49. The molecule has 0 atom stereocenters. The summed E-state index contributed by atoms with van der Waals surface area (Å²) in [4.78, 5) is 0. The predicted octanol–water partition coefficient (Wildman–Crippen LogP) is 1.73. The van der Waals surface area contributed by atoms with Crippen LogP contribution in [0.15, 0.2) is 30.3 Å². The second kappa shape index (κ2) is 8.78. The van der Waals surface area contributed by atoms with Crippen molar-refractivity contribution in [2.45, 2.75) is 0 Å². The Kier molecular flexibility index (Phi) is 6.90. The molecule has 16 heavy (non-hydrogen) atoms. The topological polar surface area (TPSA) is 27.7 Å². The van der Waals surface area contributed by atoms with Gasteiger partial charge < -0.3 is 14.2 Å². The zero-order chi connectivity index (χ0) is 11.5. The van der Waals surface area contributed by atoms with Crippen LogP contribution < -0.4 is 4.74 Å². The third-order valence-electron chi connectivity index (χ3n) is 1.80. The highest BCUT2D eigenvalue weighted by Crippen LogP contribution is 2.07. The largest absolute Gasteiger partial charge is 0.491 e. The molecule has 0 aliphatic heterocycles. The number of ether oxygens (including phenoxy) is 3. The minimum Gasteiger partial charge on any atom is -0.491 e. The average Bonchev–Trinajstić information content (AvgIpc) is 2.34. The Balaban J connectivity index is 1.91. The molecular formula is C13H16O3. The summed E-state index contributed by atoms with van der Waals surface area (Å²) in [6.07, 6.45) is 5.02. The minimum absolute atomic E-state index is 0.337. The minimum atomic E-state index is 0.337. The van der Waals surface area contributed by atoms with Crippen LogP contribution in [-0.4, -0.2) is 33.0 Å². The molecule has 3 heteroatoms. The summed E-state index contributed by atoms with van der Waals surface area (Å²) in [5.74, 6) is 3.24. The molecule has 1 rings (SSSR count). The number of hydrogen-bond acceptors (Lipinski definition) is 3. The summed E-state index contributed by atoms with van der Waals surface area (Å²) in [6, 6.07) is 9.64. The molecule has 0 radical (unpaired) electrons. The third-order valence-corrected chi connectivity index (χ3v) is 1.80. The molecule has 0 aliphatic rings. The van der Waals surface area contributed by atoms with Gasteiger partial charge in [-0.05, 0) is 12.1 Å². The molecule has 0 spiro atoms. The van der Waals surface area contributed by atoms with Gasteiger partial charge in [0.05, 0.1) is 19.8 Å². The average molecular weight is 220 g/mol. The fraction of sp³-hybridized carbons (Fsp3) is 0.385. The van der Waals surface area contributed by atoms with Crippen LogP contribution in [0.5, 0.6) is 5.75 Å². The van der Waals surface area contributed by atoms with E-state index in [0.29, 0.717) is 33.0 Å². The Morgan fingerprint density at radius 1 is 0.938 bits per heavy atom.